The van der Waals surface area contributed by atoms with Crippen LogP contribution in [0.4, 0.5) is 11.5 Å². The van der Waals surface area contributed by atoms with E-state index < -0.39 is 5.60 Å². The number of aliphatic hydroxyl groups is 1. The molecule has 0 aliphatic carbocycles. The Balaban J connectivity index is 1.96. The minimum absolute atomic E-state index is 0.578. The van der Waals surface area contributed by atoms with Crippen molar-refractivity contribution in [2.24, 2.45) is 0 Å². The van der Waals surface area contributed by atoms with Crippen molar-refractivity contribution in [1.82, 2.24) is 9.88 Å². The van der Waals surface area contributed by atoms with Crippen molar-refractivity contribution in [1.29, 1.82) is 0 Å². The van der Waals surface area contributed by atoms with Gasteiger partial charge in [-0.2, -0.15) is 0 Å². The Hall–Kier alpha value is -1.04. The Labute approximate surface area is 119 Å². The smallest absolute Gasteiger partial charge is 0.147 e. The Morgan fingerprint density at radius 2 is 2.00 bits per heavy atom. The Morgan fingerprint density at radius 3 is 2.53 bits per heavy atom. The molecule has 0 atom stereocenters. The molecule has 1 aliphatic rings. The predicted octanol–water partition coefficient (Wildman–Crippen LogP) is 1.21. The van der Waals surface area contributed by atoms with Crippen molar-refractivity contribution in [3.05, 3.63) is 17.3 Å². The number of hydrogen-bond acceptors (Lipinski definition) is 5. The van der Waals surface area contributed by atoms with E-state index in [0.29, 0.717) is 17.3 Å². The number of hydrogen-bond donors (Lipinski definition) is 2. The molecule has 0 bridgehead atoms. The normalized spacial score (nSPS) is 17.8. The van der Waals surface area contributed by atoms with E-state index in [9.17, 15) is 5.11 Å². The lowest BCUT2D eigenvalue weighted by molar-refractivity contribution is 0.0344. The van der Waals surface area contributed by atoms with E-state index in [1.165, 1.54) is 0 Å². The first kappa shape index (κ1) is 14.4. The van der Waals surface area contributed by atoms with Crippen LogP contribution in [0.2, 0.25) is 5.02 Å². The average molecular weight is 285 g/mol. The van der Waals surface area contributed by atoms with E-state index in [1.54, 1.807) is 12.3 Å². The summed E-state index contributed by atoms with van der Waals surface area (Å²) >= 11 is 6.17. The third-order valence-electron chi connectivity index (χ3n) is 3.13. The summed E-state index contributed by atoms with van der Waals surface area (Å²) in [6.07, 6.45) is 1.63. The topological polar surface area (TPSA) is 65.6 Å². The highest BCUT2D eigenvalue weighted by molar-refractivity contribution is 6.33. The highest BCUT2D eigenvalue weighted by Crippen LogP contribution is 2.25. The van der Waals surface area contributed by atoms with E-state index in [0.717, 1.165) is 32.0 Å². The van der Waals surface area contributed by atoms with Crippen LogP contribution in [0, 0.1) is 0 Å². The number of rotatable bonds is 3. The molecule has 1 aromatic heterocycles. The summed E-state index contributed by atoms with van der Waals surface area (Å²) in [5.41, 5.74) is 5.57. The molecule has 0 amide bonds. The van der Waals surface area contributed by atoms with E-state index in [-0.39, 0.29) is 0 Å². The van der Waals surface area contributed by atoms with Gasteiger partial charge >= 0.3 is 0 Å². The number of nitrogens with two attached hydrogens (primary N) is 1. The van der Waals surface area contributed by atoms with Gasteiger partial charge in [-0.15, -0.1) is 0 Å². The molecular weight excluding hydrogens is 264 g/mol. The lowest BCUT2D eigenvalue weighted by Crippen LogP contribution is -2.50. The highest BCUT2D eigenvalue weighted by atomic mass is 35.5. The molecule has 5 nitrogen and oxygen atoms in total. The summed E-state index contributed by atoms with van der Waals surface area (Å²) < 4.78 is 0. The minimum atomic E-state index is -0.654. The first-order chi connectivity index (χ1) is 8.85. The maximum atomic E-state index is 9.82. The molecule has 106 valence electrons. The van der Waals surface area contributed by atoms with Crippen LogP contribution in [0.5, 0.6) is 0 Å². The number of nitrogens with zero attached hydrogens (tertiary/aromatic N) is 3. The van der Waals surface area contributed by atoms with Crippen LogP contribution in [-0.2, 0) is 0 Å². The summed E-state index contributed by atoms with van der Waals surface area (Å²) in [6, 6.07) is 1.73. The molecule has 0 saturated carbocycles. The molecular formula is C13H21ClN4O. The lowest BCUT2D eigenvalue weighted by atomic mass is 10.1. The summed E-state index contributed by atoms with van der Waals surface area (Å²) in [5.74, 6) is 0.791. The van der Waals surface area contributed by atoms with Crippen molar-refractivity contribution in [3.8, 4) is 0 Å². The van der Waals surface area contributed by atoms with Gasteiger partial charge in [-0.05, 0) is 19.9 Å². The molecule has 1 aliphatic heterocycles. The van der Waals surface area contributed by atoms with E-state index in [4.69, 9.17) is 17.3 Å². The quantitative estimate of drug-likeness (QED) is 0.873. The fourth-order valence-corrected chi connectivity index (χ4v) is 2.64. The number of pyridine rings is 1. The number of halogens is 1. The van der Waals surface area contributed by atoms with Gasteiger partial charge in [0.1, 0.15) is 5.82 Å². The molecule has 0 aromatic carbocycles. The zero-order valence-electron chi connectivity index (χ0n) is 11.4. The Morgan fingerprint density at radius 1 is 1.37 bits per heavy atom. The lowest BCUT2D eigenvalue weighted by Gasteiger charge is -2.38. The van der Waals surface area contributed by atoms with Gasteiger partial charge in [0.15, 0.2) is 0 Å². The van der Waals surface area contributed by atoms with Crippen molar-refractivity contribution >= 4 is 23.1 Å². The van der Waals surface area contributed by atoms with Crippen molar-refractivity contribution < 1.29 is 5.11 Å². The molecule has 6 heteroatoms. The Bertz CT molecular complexity index is 439. The number of β-amino-alcohol motifs (C(OH)–C–C–N with tert-alkyl or cyclic N) is 1. The maximum absolute atomic E-state index is 9.82. The molecule has 0 spiro atoms. The van der Waals surface area contributed by atoms with Gasteiger partial charge in [-0.1, -0.05) is 11.6 Å². The molecule has 1 aromatic rings. The predicted molar refractivity (Wildman–Crippen MR) is 78.6 cm³/mol. The molecule has 2 heterocycles. The fourth-order valence-electron chi connectivity index (χ4n) is 2.34. The summed E-state index contributed by atoms with van der Waals surface area (Å²) in [5, 5.41) is 10.4. The van der Waals surface area contributed by atoms with Crippen LogP contribution in [0.3, 0.4) is 0 Å². The molecule has 1 fully saturated rings. The average Bonchev–Trinajstić information content (AvgIpc) is 2.28. The van der Waals surface area contributed by atoms with Crippen LogP contribution in [0.25, 0.3) is 0 Å². The first-order valence-corrected chi connectivity index (χ1v) is 6.84. The third-order valence-corrected chi connectivity index (χ3v) is 3.40. The molecule has 1 saturated heterocycles. The second kappa shape index (κ2) is 5.53. The first-order valence-electron chi connectivity index (χ1n) is 6.46. The molecule has 0 unspecified atom stereocenters. The van der Waals surface area contributed by atoms with Gasteiger partial charge in [-0.25, -0.2) is 4.98 Å². The van der Waals surface area contributed by atoms with Crippen molar-refractivity contribution in [3.63, 3.8) is 0 Å². The van der Waals surface area contributed by atoms with Crippen molar-refractivity contribution in [2.45, 2.75) is 19.4 Å². The van der Waals surface area contributed by atoms with Gasteiger partial charge < -0.3 is 15.7 Å². The maximum Gasteiger partial charge on any atom is 0.147 e. The number of piperazine rings is 1. The second-order valence-electron chi connectivity index (χ2n) is 5.65. The van der Waals surface area contributed by atoms with Crippen LogP contribution in [0.15, 0.2) is 12.3 Å². The monoisotopic (exact) mass is 284 g/mol. The zero-order valence-corrected chi connectivity index (χ0v) is 12.2. The molecule has 3 N–H and O–H groups in total. The Kier molecular flexibility index (Phi) is 4.18. The van der Waals surface area contributed by atoms with Crippen LogP contribution < -0.4 is 10.6 Å². The standard InChI is InChI=1S/C13H21ClN4O/c1-13(2,19)9-17-3-5-18(6-4-17)12-11(14)7-10(15)8-16-12/h7-8,19H,3-6,9,15H2,1-2H3. The summed E-state index contributed by atoms with van der Waals surface area (Å²) in [6.45, 7) is 7.84. The summed E-state index contributed by atoms with van der Waals surface area (Å²) in [7, 11) is 0. The van der Waals surface area contributed by atoms with E-state index in [1.807, 2.05) is 13.8 Å². The molecule has 0 radical (unpaired) electrons. The summed E-state index contributed by atoms with van der Waals surface area (Å²) in [4.78, 5) is 8.71. The van der Waals surface area contributed by atoms with Gasteiger partial charge in [-0.3, -0.25) is 4.90 Å². The van der Waals surface area contributed by atoms with Gasteiger partial charge in [0.2, 0.25) is 0 Å². The van der Waals surface area contributed by atoms with E-state index >= 15 is 0 Å². The molecule has 19 heavy (non-hydrogen) atoms. The number of nitrogen functional groups attached to an aromatic ring is 1. The highest BCUT2D eigenvalue weighted by Gasteiger charge is 2.24. The second-order valence-corrected chi connectivity index (χ2v) is 6.06. The third kappa shape index (κ3) is 3.96. The SMILES string of the molecule is CC(C)(O)CN1CCN(c2ncc(N)cc2Cl)CC1. The number of anilines is 2. The van der Waals surface area contributed by atoms with Crippen LogP contribution >= 0.6 is 11.6 Å². The zero-order chi connectivity index (χ0) is 14.0. The number of aromatic nitrogens is 1. The van der Waals surface area contributed by atoms with Crippen molar-refractivity contribution in [2.75, 3.05) is 43.4 Å². The van der Waals surface area contributed by atoms with Gasteiger partial charge in [0.25, 0.3) is 0 Å². The minimum Gasteiger partial charge on any atom is -0.397 e. The fraction of sp³-hybridized carbons (Fsp3) is 0.615. The largest absolute Gasteiger partial charge is 0.397 e. The molecule has 2 rings (SSSR count). The van der Waals surface area contributed by atoms with Gasteiger partial charge in [0, 0.05) is 32.7 Å². The van der Waals surface area contributed by atoms with Crippen LogP contribution in [0.1, 0.15) is 13.8 Å². The van der Waals surface area contributed by atoms with Gasteiger partial charge in [0.05, 0.1) is 22.5 Å². The van der Waals surface area contributed by atoms with E-state index in [2.05, 4.69) is 14.8 Å². The van der Waals surface area contributed by atoms with Crippen LogP contribution in [-0.4, -0.2) is 53.3 Å².